The molecular formula is C46H31N5. The summed E-state index contributed by atoms with van der Waals surface area (Å²) >= 11 is 0. The van der Waals surface area contributed by atoms with E-state index in [1.165, 1.54) is 11.1 Å². The molecule has 0 N–H and O–H groups in total. The predicted molar refractivity (Wildman–Crippen MR) is 206 cm³/mol. The summed E-state index contributed by atoms with van der Waals surface area (Å²) in [5.74, 6) is 0. The molecule has 0 atom stereocenters. The van der Waals surface area contributed by atoms with E-state index in [0.717, 1.165) is 66.8 Å². The molecule has 3 heterocycles. The molecule has 5 heteroatoms. The molecule has 0 saturated carbocycles. The van der Waals surface area contributed by atoms with Crippen LogP contribution in [-0.2, 0) is 5.41 Å². The SMILES string of the molecule is CC1(C)c2ccccc2N(c2cc(-c3ccccc3-c3cccc(C#N)c3C#N)cc(-n3c4ccccc4c4cnccc43)c2)c2ccccc21. The molecule has 1 aliphatic rings. The highest BCUT2D eigenvalue weighted by Gasteiger charge is 2.36. The third-order valence-corrected chi connectivity index (χ3v) is 10.4. The Hall–Kier alpha value is -6.95. The first-order chi connectivity index (χ1) is 25.0. The van der Waals surface area contributed by atoms with E-state index >= 15 is 0 Å². The maximum Gasteiger partial charge on any atom is 0.101 e. The van der Waals surface area contributed by atoms with Crippen molar-refractivity contribution in [3.8, 4) is 40.1 Å². The summed E-state index contributed by atoms with van der Waals surface area (Å²) in [4.78, 5) is 6.88. The average molecular weight is 654 g/mol. The van der Waals surface area contributed by atoms with E-state index in [9.17, 15) is 10.5 Å². The van der Waals surface area contributed by atoms with Crippen LogP contribution in [0.3, 0.4) is 0 Å². The van der Waals surface area contributed by atoms with Gasteiger partial charge in [0.15, 0.2) is 0 Å². The fourth-order valence-electron chi connectivity index (χ4n) is 8.01. The number of benzene rings is 6. The topological polar surface area (TPSA) is 68.6 Å². The third-order valence-electron chi connectivity index (χ3n) is 10.4. The number of fused-ring (bicyclic) bond motifs is 5. The lowest BCUT2D eigenvalue weighted by Crippen LogP contribution is -2.30. The molecule has 0 unspecified atom stereocenters. The van der Waals surface area contributed by atoms with Gasteiger partial charge in [-0.15, -0.1) is 0 Å². The first-order valence-electron chi connectivity index (χ1n) is 17.0. The van der Waals surface area contributed by atoms with Crippen LogP contribution in [0.2, 0.25) is 0 Å². The normalized spacial score (nSPS) is 13.0. The van der Waals surface area contributed by atoms with Crippen LogP contribution in [0.4, 0.5) is 17.1 Å². The molecule has 1 aliphatic heterocycles. The van der Waals surface area contributed by atoms with Gasteiger partial charge in [-0.25, -0.2) is 0 Å². The zero-order valence-corrected chi connectivity index (χ0v) is 28.2. The maximum atomic E-state index is 10.2. The van der Waals surface area contributed by atoms with Crippen molar-refractivity contribution in [2.75, 3.05) is 4.90 Å². The zero-order chi connectivity index (χ0) is 34.7. The van der Waals surface area contributed by atoms with Crippen molar-refractivity contribution in [1.82, 2.24) is 9.55 Å². The number of nitrogens with zero attached hydrogens (tertiary/aromatic N) is 5. The van der Waals surface area contributed by atoms with Crippen LogP contribution >= 0.6 is 0 Å². The second-order valence-electron chi connectivity index (χ2n) is 13.5. The molecule has 51 heavy (non-hydrogen) atoms. The molecule has 8 aromatic rings. The number of rotatable bonds is 4. The summed E-state index contributed by atoms with van der Waals surface area (Å²) in [6, 6.07) is 52.9. The largest absolute Gasteiger partial charge is 0.310 e. The van der Waals surface area contributed by atoms with Gasteiger partial charge in [0.2, 0.25) is 0 Å². The molecule has 0 fully saturated rings. The van der Waals surface area contributed by atoms with Gasteiger partial charge in [0.1, 0.15) is 12.1 Å². The molecule has 0 amide bonds. The Labute approximate surface area is 296 Å². The van der Waals surface area contributed by atoms with Crippen molar-refractivity contribution in [3.63, 3.8) is 0 Å². The molecular weight excluding hydrogens is 623 g/mol. The van der Waals surface area contributed by atoms with Crippen LogP contribution in [0.1, 0.15) is 36.1 Å². The Balaban J connectivity index is 1.38. The van der Waals surface area contributed by atoms with Crippen molar-refractivity contribution < 1.29 is 0 Å². The van der Waals surface area contributed by atoms with Crippen LogP contribution < -0.4 is 4.90 Å². The van der Waals surface area contributed by atoms with Crippen molar-refractivity contribution in [1.29, 1.82) is 10.5 Å². The van der Waals surface area contributed by atoms with Gasteiger partial charge < -0.3 is 9.47 Å². The molecule has 240 valence electrons. The van der Waals surface area contributed by atoms with Crippen LogP contribution in [0.15, 0.2) is 152 Å². The number of hydrogen-bond donors (Lipinski definition) is 0. The lowest BCUT2D eigenvalue weighted by atomic mass is 9.73. The number of hydrogen-bond acceptors (Lipinski definition) is 4. The minimum atomic E-state index is -0.198. The second kappa shape index (κ2) is 11.6. The molecule has 0 saturated heterocycles. The number of para-hydroxylation sites is 3. The van der Waals surface area contributed by atoms with E-state index in [1.54, 1.807) is 6.07 Å². The molecule has 5 nitrogen and oxygen atoms in total. The van der Waals surface area contributed by atoms with E-state index in [4.69, 9.17) is 0 Å². The van der Waals surface area contributed by atoms with E-state index in [2.05, 4.69) is 144 Å². The molecule has 0 spiro atoms. The molecule has 0 bridgehead atoms. The minimum absolute atomic E-state index is 0.198. The quantitative estimate of drug-likeness (QED) is 0.190. The number of nitriles is 2. The van der Waals surface area contributed by atoms with Crippen LogP contribution in [0, 0.1) is 22.7 Å². The lowest BCUT2D eigenvalue weighted by Gasteiger charge is -2.42. The Morgan fingerprint density at radius 1 is 0.569 bits per heavy atom. The summed E-state index contributed by atoms with van der Waals surface area (Å²) < 4.78 is 2.32. The van der Waals surface area contributed by atoms with Crippen LogP contribution in [0.25, 0.3) is 49.7 Å². The van der Waals surface area contributed by atoms with Gasteiger partial charge in [0.25, 0.3) is 0 Å². The van der Waals surface area contributed by atoms with Gasteiger partial charge in [-0.2, -0.15) is 10.5 Å². The van der Waals surface area contributed by atoms with Crippen molar-refractivity contribution in [2.45, 2.75) is 19.3 Å². The Morgan fingerprint density at radius 2 is 1.20 bits per heavy atom. The summed E-state index contributed by atoms with van der Waals surface area (Å²) in [7, 11) is 0. The number of anilines is 3. The molecule has 0 radical (unpaired) electrons. The molecule has 9 rings (SSSR count). The predicted octanol–water partition coefficient (Wildman–Crippen LogP) is 11.4. The fourth-order valence-corrected chi connectivity index (χ4v) is 8.01. The van der Waals surface area contributed by atoms with Crippen molar-refractivity contribution >= 4 is 38.9 Å². The monoisotopic (exact) mass is 653 g/mol. The Morgan fingerprint density at radius 3 is 1.94 bits per heavy atom. The van der Waals surface area contributed by atoms with E-state index < -0.39 is 0 Å². The first-order valence-corrected chi connectivity index (χ1v) is 17.0. The zero-order valence-electron chi connectivity index (χ0n) is 28.2. The van der Waals surface area contributed by atoms with Crippen molar-refractivity contribution in [2.24, 2.45) is 0 Å². The summed E-state index contributed by atoms with van der Waals surface area (Å²) in [5, 5.41) is 22.4. The van der Waals surface area contributed by atoms with E-state index in [1.807, 2.05) is 42.7 Å². The van der Waals surface area contributed by atoms with E-state index in [-0.39, 0.29) is 5.41 Å². The summed E-state index contributed by atoms with van der Waals surface area (Å²) in [5.41, 5.74) is 13.1. The molecule has 0 aliphatic carbocycles. The highest BCUT2D eigenvalue weighted by molar-refractivity contribution is 6.09. The van der Waals surface area contributed by atoms with Gasteiger partial charge in [0, 0.05) is 45.5 Å². The van der Waals surface area contributed by atoms with Gasteiger partial charge in [-0.05, 0) is 76.3 Å². The minimum Gasteiger partial charge on any atom is -0.310 e. The van der Waals surface area contributed by atoms with Gasteiger partial charge in [-0.3, -0.25) is 4.98 Å². The molecule has 2 aromatic heterocycles. The highest BCUT2D eigenvalue weighted by Crippen LogP contribution is 2.52. The van der Waals surface area contributed by atoms with Crippen molar-refractivity contribution in [3.05, 3.63) is 174 Å². The first kappa shape index (κ1) is 30.1. The van der Waals surface area contributed by atoms with Gasteiger partial charge in [-0.1, -0.05) is 105 Å². The van der Waals surface area contributed by atoms with Crippen LogP contribution in [0.5, 0.6) is 0 Å². The number of aromatic nitrogens is 2. The van der Waals surface area contributed by atoms with Crippen LogP contribution in [-0.4, -0.2) is 9.55 Å². The lowest BCUT2D eigenvalue weighted by molar-refractivity contribution is 0.632. The van der Waals surface area contributed by atoms with Gasteiger partial charge >= 0.3 is 0 Å². The average Bonchev–Trinajstić information content (AvgIpc) is 3.52. The number of pyridine rings is 1. The standard InChI is InChI=1S/C46H31N5/c1-46(2)40-17-6-9-20-44(40)51(45-21-10-7-18-41(45)46)33-25-31(34-13-3-4-14-35(34)36-16-11-12-30(27-47)38(36)28-48)24-32(26-33)50-42-19-8-5-15-37(42)39-29-49-23-22-43(39)50/h3-26,29H,1-2H3. The highest BCUT2D eigenvalue weighted by atomic mass is 15.2. The second-order valence-corrected chi connectivity index (χ2v) is 13.5. The Bertz CT molecular complexity index is 2670. The fraction of sp³-hybridized carbons (Fsp3) is 0.0652. The smallest absolute Gasteiger partial charge is 0.101 e. The third kappa shape index (κ3) is 4.57. The summed E-state index contributed by atoms with van der Waals surface area (Å²) in [6.45, 7) is 4.60. The van der Waals surface area contributed by atoms with Gasteiger partial charge in [0.05, 0.1) is 33.5 Å². The summed E-state index contributed by atoms with van der Waals surface area (Å²) in [6.07, 6.45) is 3.79. The van der Waals surface area contributed by atoms with E-state index in [0.29, 0.717) is 11.1 Å². The maximum absolute atomic E-state index is 10.2. The molecule has 6 aromatic carbocycles. The Kier molecular flexibility index (Phi) is 6.85.